The van der Waals surface area contributed by atoms with E-state index in [0.29, 0.717) is 13.2 Å². The molecule has 1 aliphatic heterocycles. The summed E-state index contributed by atoms with van der Waals surface area (Å²) in [5.41, 5.74) is 0. The third-order valence-corrected chi connectivity index (χ3v) is 2.87. The second-order valence-electron chi connectivity index (χ2n) is 3.48. The number of nitrogens with zero attached hydrogens (tertiary/aromatic N) is 2. The second kappa shape index (κ2) is 4.35. The zero-order valence-corrected chi connectivity index (χ0v) is 9.21. The molecule has 0 aliphatic carbocycles. The molecule has 0 aromatic carbocycles. The summed E-state index contributed by atoms with van der Waals surface area (Å²) in [6.45, 7) is 2.27. The van der Waals surface area contributed by atoms with E-state index in [1.54, 1.807) is 11.3 Å². The maximum Gasteiger partial charge on any atom is 0.211 e. The average Bonchev–Trinajstić information content (AvgIpc) is 2.69. The van der Waals surface area contributed by atoms with Crippen LogP contribution < -0.4 is 0 Å². The van der Waals surface area contributed by atoms with E-state index < -0.39 is 0 Å². The topological polar surface area (TPSA) is 34.6 Å². The molecule has 0 saturated carbocycles. The predicted molar refractivity (Wildman–Crippen MR) is 54.2 cm³/mol. The van der Waals surface area contributed by atoms with Crippen molar-refractivity contribution >= 4 is 11.3 Å². The molecule has 0 unspecified atom stereocenters. The Labute approximate surface area is 87.5 Å². The summed E-state index contributed by atoms with van der Waals surface area (Å²) in [5.74, 6) is 0. The Morgan fingerprint density at radius 2 is 2.21 bits per heavy atom. The average molecular weight is 214 g/mol. The highest BCUT2D eigenvalue weighted by Gasteiger charge is 2.21. The fraction of sp³-hybridized carbons (Fsp3) is 0.667. The Kier molecular flexibility index (Phi) is 3.12. The van der Waals surface area contributed by atoms with E-state index in [9.17, 15) is 0 Å². The van der Waals surface area contributed by atoms with E-state index in [-0.39, 0.29) is 6.29 Å². The molecule has 0 spiro atoms. The van der Waals surface area contributed by atoms with E-state index in [1.807, 2.05) is 20.3 Å². The van der Waals surface area contributed by atoms with Crippen LogP contribution >= 0.6 is 11.3 Å². The molecule has 0 radical (unpaired) electrons. The number of thiazole rings is 1. The highest BCUT2D eigenvalue weighted by molar-refractivity contribution is 7.11. The van der Waals surface area contributed by atoms with E-state index >= 15 is 0 Å². The first-order valence-electron chi connectivity index (χ1n) is 4.58. The molecule has 5 heteroatoms. The van der Waals surface area contributed by atoms with E-state index in [0.717, 1.165) is 11.6 Å². The van der Waals surface area contributed by atoms with Crippen LogP contribution in [0.3, 0.4) is 0 Å². The molecule has 14 heavy (non-hydrogen) atoms. The minimum atomic E-state index is -0.226. The lowest BCUT2D eigenvalue weighted by Gasteiger charge is -2.06. The van der Waals surface area contributed by atoms with E-state index in [2.05, 4.69) is 9.88 Å². The highest BCUT2D eigenvalue weighted by Crippen LogP contribution is 2.27. The lowest BCUT2D eigenvalue weighted by Crippen LogP contribution is -2.09. The van der Waals surface area contributed by atoms with Crippen LogP contribution in [0.1, 0.15) is 16.2 Å². The number of rotatable bonds is 3. The van der Waals surface area contributed by atoms with Crippen LogP contribution in [0.4, 0.5) is 0 Å². The monoisotopic (exact) mass is 214 g/mol. The van der Waals surface area contributed by atoms with Crippen molar-refractivity contribution in [3.05, 3.63) is 16.1 Å². The Balaban J connectivity index is 2.01. The molecule has 1 aromatic heterocycles. The molecule has 1 fully saturated rings. The van der Waals surface area contributed by atoms with Gasteiger partial charge < -0.3 is 14.4 Å². The van der Waals surface area contributed by atoms with Gasteiger partial charge in [-0.15, -0.1) is 11.3 Å². The van der Waals surface area contributed by atoms with Crippen molar-refractivity contribution < 1.29 is 9.47 Å². The van der Waals surface area contributed by atoms with Gasteiger partial charge in [-0.2, -0.15) is 0 Å². The molecule has 0 atom stereocenters. The molecule has 2 rings (SSSR count). The summed E-state index contributed by atoms with van der Waals surface area (Å²) in [6, 6.07) is 0. The first-order chi connectivity index (χ1) is 6.75. The van der Waals surface area contributed by atoms with Crippen LogP contribution in [0.25, 0.3) is 0 Å². The van der Waals surface area contributed by atoms with Gasteiger partial charge in [-0.1, -0.05) is 0 Å². The summed E-state index contributed by atoms with van der Waals surface area (Å²) in [7, 11) is 4.09. The zero-order valence-electron chi connectivity index (χ0n) is 8.40. The third-order valence-electron chi connectivity index (χ3n) is 1.87. The molecule has 0 N–H and O–H groups in total. The van der Waals surface area contributed by atoms with Crippen LogP contribution in [0.5, 0.6) is 0 Å². The number of hydrogen-bond acceptors (Lipinski definition) is 5. The minimum absolute atomic E-state index is 0.226. The van der Waals surface area contributed by atoms with Gasteiger partial charge >= 0.3 is 0 Å². The first kappa shape index (κ1) is 10.0. The lowest BCUT2D eigenvalue weighted by atomic mass is 10.5. The Morgan fingerprint density at radius 3 is 2.86 bits per heavy atom. The number of hydrogen-bond donors (Lipinski definition) is 0. The summed E-state index contributed by atoms with van der Waals surface area (Å²) in [5, 5.41) is 0.930. The molecular weight excluding hydrogens is 200 g/mol. The molecule has 0 amide bonds. The summed E-state index contributed by atoms with van der Waals surface area (Å²) in [6.07, 6.45) is 1.67. The normalized spacial score (nSPS) is 18.2. The van der Waals surface area contributed by atoms with Crippen LogP contribution in [-0.2, 0) is 16.0 Å². The summed E-state index contributed by atoms with van der Waals surface area (Å²) < 4.78 is 10.7. The maximum absolute atomic E-state index is 5.37. The fourth-order valence-corrected chi connectivity index (χ4v) is 2.35. The van der Waals surface area contributed by atoms with Gasteiger partial charge in [-0.3, -0.25) is 0 Å². The molecular formula is C9H14N2O2S. The van der Waals surface area contributed by atoms with Gasteiger partial charge in [-0.05, 0) is 14.1 Å². The third kappa shape index (κ3) is 2.30. The van der Waals surface area contributed by atoms with Crippen molar-refractivity contribution in [3.63, 3.8) is 0 Å². The molecule has 2 heterocycles. The van der Waals surface area contributed by atoms with Crippen molar-refractivity contribution in [2.45, 2.75) is 12.8 Å². The number of aromatic nitrogens is 1. The van der Waals surface area contributed by atoms with E-state index in [4.69, 9.17) is 9.47 Å². The molecule has 4 nitrogen and oxygen atoms in total. The maximum atomic E-state index is 5.37. The Morgan fingerprint density at radius 1 is 1.50 bits per heavy atom. The molecule has 1 saturated heterocycles. The standard InChI is InChI=1S/C9H14N2O2S/c1-11(2)6-7-5-10-8(14-7)9-12-3-4-13-9/h5,9H,3-4,6H2,1-2H3. The van der Waals surface area contributed by atoms with Gasteiger partial charge in [0.2, 0.25) is 6.29 Å². The van der Waals surface area contributed by atoms with Gasteiger partial charge in [-0.25, -0.2) is 4.98 Å². The number of ether oxygens (including phenoxy) is 2. The Bertz CT molecular complexity index is 295. The van der Waals surface area contributed by atoms with Crippen molar-refractivity contribution in [1.29, 1.82) is 0 Å². The second-order valence-corrected chi connectivity index (χ2v) is 4.62. The lowest BCUT2D eigenvalue weighted by molar-refractivity contribution is -0.0442. The molecule has 78 valence electrons. The van der Waals surface area contributed by atoms with Crippen molar-refractivity contribution in [2.24, 2.45) is 0 Å². The van der Waals surface area contributed by atoms with Gasteiger partial charge in [0, 0.05) is 17.6 Å². The summed E-state index contributed by atoms with van der Waals surface area (Å²) in [4.78, 5) is 7.65. The Hall–Kier alpha value is -0.490. The van der Waals surface area contributed by atoms with Crippen LogP contribution in [0.2, 0.25) is 0 Å². The van der Waals surface area contributed by atoms with Crippen LogP contribution in [0.15, 0.2) is 6.20 Å². The predicted octanol–water partition coefficient (Wildman–Crippen LogP) is 1.25. The fourth-order valence-electron chi connectivity index (χ4n) is 1.32. The van der Waals surface area contributed by atoms with Gasteiger partial charge in [0.25, 0.3) is 0 Å². The quantitative estimate of drug-likeness (QED) is 0.758. The van der Waals surface area contributed by atoms with Crippen LogP contribution in [0, 0.1) is 0 Å². The molecule has 0 bridgehead atoms. The minimum Gasteiger partial charge on any atom is -0.344 e. The zero-order chi connectivity index (χ0) is 9.97. The smallest absolute Gasteiger partial charge is 0.211 e. The van der Waals surface area contributed by atoms with Crippen LogP contribution in [-0.4, -0.2) is 37.2 Å². The van der Waals surface area contributed by atoms with Gasteiger partial charge in [0.1, 0.15) is 5.01 Å². The summed E-state index contributed by atoms with van der Waals surface area (Å²) >= 11 is 1.66. The molecule has 1 aliphatic rings. The van der Waals surface area contributed by atoms with Crippen molar-refractivity contribution in [2.75, 3.05) is 27.3 Å². The van der Waals surface area contributed by atoms with Gasteiger partial charge in [0.05, 0.1) is 13.2 Å². The molecule has 1 aromatic rings. The SMILES string of the molecule is CN(C)Cc1cnc(C2OCCO2)s1. The van der Waals surface area contributed by atoms with Crippen molar-refractivity contribution in [3.8, 4) is 0 Å². The largest absolute Gasteiger partial charge is 0.344 e. The van der Waals surface area contributed by atoms with Crippen molar-refractivity contribution in [1.82, 2.24) is 9.88 Å². The van der Waals surface area contributed by atoms with Gasteiger partial charge in [0.15, 0.2) is 0 Å². The first-order valence-corrected chi connectivity index (χ1v) is 5.40. The van der Waals surface area contributed by atoms with E-state index in [1.165, 1.54) is 4.88 Å². The highest BCUT2D eigenvalue weighted by atomic mass is 32.1.